The van der Waals surface area contributed by atoms with Crippen LogP contribution in [0.1, 0.15) is 51.8 Å². The Morgan fingerprint density at radius 2 is 1.72 bits per heavy atom. The van der Waals surface area contributed by atoms with Crippen molar-refractivity contribution in [1.29, 1.82) is 0 Å². The largest absolute Gasteiger partial charge is 0.295 e. The second kappa shape index (κ2) is 6.72. The first-order chi connectivity index (χ1) is 8.47. The molecule has 1 aromatic rings. The fraction of sp³-hybridized carbons (Fsp3) is 0.500. The van der Waals surface area contributed by atoms with E-state index in [1.165, 1.54) is 11.1 Å². The topological polar surface area (TPSA) is 12.5 Å². The molecule has 0 aromatic heterocycles. The highest BCUT2D eigenvalue weighted by Gasteiger charge is 2.22. The van der Waals surface area contributed by atoms with Gasteiger partial charge >= 0.3 is 0 Å². The highest BCUT2D eigenvalue weighted by atomic mass is 16.7. The maximum absolute atomic E-state index is 5.93. The highest BCUT2D eigenvalue weighted by Crippen LogP contribution is 2.27. The molecule has 1 rings (SSSR count). The summed E-state index contributed by atoms with van der Waals surface area (Å²) < 4.78 is 0. The molecule has 0 saturated carbocycles. The van der Waals surface area contributed by atoms with Crippen LogP contribution in [0.15, 0.2) is 30.8 Å². The van der Waals surface area contributed by atoms with Gasteiger partial charge in [-0.3, -0.25) is 4.84 Å². The molecule has 18 heavy (non-hydrogen) atoms. The lowest BCUT2D eigenvalue weighted by molar-refractivity contribution is -0.229. The van der Waals surface area contributed by atoms with Gasteiger partial charge in [-0.15, -0.1) is 0 Å². The van der Waals surface area contributed by atoms with Crippen molar-refractivity contribution in [3.63, 3.8) is 0 Å². The van der Waals surface area contributed by atoms with E-state index in [0.29, 0.717) is 6.04 Å². The smallest absolute Gasteiger partial charge is 0.0737 e. The van der Waals surface area contributed by atoms with Crippen LogP contribution >= 0.6 is 0 Å². The maximum atomic E-state index is 5.93. The fourth-order valence-electron chi connectivity index (χ4n) is 2.12. The Morgan fingerprint density at radius 3 is 2.22 bits per heavy atom. The number of nitrogens with zero attached hydrogens (tertiary/aromatic N) is 1. The van der Waals surface area contributed by atoms with Crippen molar-refractivity contribution in [1.82, 2.24) is 5.06 Å². The second-order valence-corrected chi connectivity index (χ2v) is 5.12. The lowest BCUT2D eigenvalue weighted by Gasteiger charge is -2.34. The van der Waals surface area contributed by atoms with Crippen LogP contribution in [0.5, 0.6) is 0 Å². The summed E-state index contributed by atoms with van der Waals surface area (Å²) in [7, 11) is 0. The van der Waals surface area contributed by atoms with Crippen LogP contribution in [-0.4, -0.2) is 17.2 Å². The van der Waals surface area contributed by atoms with Crippen molar-refractivity contribution in [3.8, 4) is 0 Å². The maximum Gasteiger partial charge on any atom is 0.0737 e. The van der Waals surface area contributed by atoms with Crippen molar-refractivity contribution < 1.29 is 4.84 Å². The Hall–Kier alpha value is -1.12. The molecule has 2 nitrogen and oxygen atoms in total. The lowest BCUT2D eigenvalue weighted by atomic mass is 10.0. The molecule has 2 heteroatoms. The van der Waals surface area contributed by atoms with Gasteiger partial charge in [0.25, 0.3) is 0 Å². The normalized spacial score (nSPS) is 13.3. The summed E-state index contributed by atoms with van der Waals surface area (Å²) in [5.74, 6) is 0. The number of hydroxylamine groups is 2. The average Bonchev–Trinajstić information content (AvgIpc) is 2.34. The lowest BCUT2D eigenvalue weighted by Crippen LogP contribution is -2.36. The van der Waals surface area contributed by atoms with Gasteiger partial charge in [-0.25, -0.2) is 0 Å². The SMILES string of the molecule is C=Cc1ccccc1C(C)N(OC(C)C)C(C)C. The van der Waals surface area contributed by atoms with Crippen molar-refractivity contribution >= 4 is 6.08 Å². The van der Waals surface area contributed by atoms with Crippen LogP contribution in [0, 0.1) is 0 Å². The van der Waals surface area contributed by atoms with Gasteiger partial charge in [-0.1, -0.05) is 36.9 Å². The van der Waals surface area contributed by atoms with Crippen molar-refractivity contribution in [2.75, 3.05) is 0 Å². The molecule has 100 valence electrons. The highest BCUT2D eigenvalue weighted by molar-refractivity contribution is 5.52. The summed E-state index contributed by atoms with van der Waals surface area (Å²) in [4.78, 5) is 5.93. The fourth-order valence-corrected chi connectivity index (χ4v) is 2.12. The van der Waals surface area contributed by atoms with E-state index in [0.717, 1.165) is 0 Å². The van der Waals surface area contributed by atoms with Crippen molar-refractivity contribution in [2.45, 2.75) is 52.8 Å². The molecule has 0 aliphatic rings. The Morgan fingerprint density at radius 1 is 1.11 bits per heavy atom. The molecule has 0 radical (unpaired) electrons. The summed E-state index contributed by atoms with van der Waals surface area (Å²) in [6.45, 7) is 14.5. The van der Waals surface area contributed by atoms with Gasteiger partial charge in [0.05, 0.1) is 12.1 Å². The van der Waals surface area contributed by atoms with E-state index < -0.39 is 0 Å². The third kappa shape index (κ3) is 3.69. The van der Waals surface area contributed by atoms with Gasteiger partial charge in [-0.05, 0) is 45.7 Å². The number of rotatable bonds is 6. The first-order valence-electron chi connectivity index (χ1n) is 6.63. The predicted molar refractivity (Wildman–Crippen MR) is 78.1 cm³/mol. The molecule has 0 N–H and O–H groups in total. The molecule has 1 aromatic carbocycles. The summed E-state index contributed by atoms with van der Waals surface area (Å²) in [6, 6.07) is 8.87. The van der Waals surface area contributed by atoms with E-state index in [9.17, 15) is 0 Å². The van der Waals surface area contributed by atoms with Gasteiger partial charge < -0.3 is 0 Å². The van der Waals surface area contributed by atoms with Crippen molar-refractivity contribution in [2.24, 2.45) is 0 Å². The van der Waals surface area contributed by atoms with Crippen LogP contribution in [0.3, 0.4) is 0 Å². The van der Waals surface area contributed by atoms with Crippen LogP contribution < -0.4 is 0 Å². The molecule has 1 unspecified atom stereocenters. The van der Waals surface area contributed by atoms with Crippen molar-refractivity contribution in [3.05, 3.63) is 42.0 Å². The monoisotopic (exact) mass is 247 g/mol. The van der Waals surface area contributed by atoms with E-state index in [2.05, 4.69) is 64.5 Å². The molecule has 0 fully saturated rings. The first kappa shape index (κ1) is 14.9. The van der Waals surface area contributed by atoms with Crippen LogP contribution in [-0.2, 0) is 4.84 Å². The number of hydrogen-bond donors (Lipinski definition) is 0. The van der Waals surface area contributed by atoms with E-state index in [1.54, 1.807) is 0 Å². The van der Waals surface area contributed by atoms with Gasteiger partial charge in [0, 0.05) is 6.04 Å². The molecule has 0 aliphatic carbocycles. The van der Waals surface area contributed by atoms with Crippen LogP contribution in [0.2, 0.25) is 0 Å². The minimum absolute atomic E-state index is 0.186. The molecule has 0 bridgehead atoms. The van der Waals surface area contributed by atoms with Gasteiger partial charge in [0.15, 0.2) is 0 Å². The molecular weight excluding hydrogens is 222 g/mol. The Kier molecular flexibility index (Phi) is 5.57. The molecule has 0 saturated heterocycles. The second-order valence-electron chi connectivity index (χ2n) is 5.12. The standard InChI is InChI=1S/C16H25NO/c1-7-15-10-8-9-11-16(15)14(6)17(12(2)3)18-13(4)5/h7-14H,1H2,2-6H3. The average molecular weight is 247 g/mol. The first-order valence-corrected chi connectivity index (χ1v) is 6.63. The minimum Gasteiger partial charge on any atom is -0.295 e. The molecular formula is C16H25NO. The molecule has 0 aliphatic heterocycles. The van der Waals surface area contributed by atoms with Gasteiger partial charge in [0.2, 0.25) is 0 Å². The Labute approximate surface area is 111 Å². The molecule has 0 amide bonds. The third-order valence-corrected chi connectivity index (χ3v) is 2.89. The van der Waals surface area contributed by atoms with E-state index in [-0.39, 0.29) is 12.1 Å². The summed E-state index contributed by atoms with van der Waals surface area (Å²) in [6.07, 6.45) is 2.09. The Bertz CT molecular complexity index is 384. The van der Waals surface area contributed by atoms with E-state index in [4.69, 9.17) is 4.84 Å². The van der Waals surface area contributed by atoms with E-state index in [1.807, 2.05) is 12.1 Å². The zero-order valence-electron chi connectivity index (χ0n) is 12.2. The quantitative estimate of drug-likeness (QED) is 0.689. The summed E-state index contributed by atoms with van der Waals surface area (Å²) >= 11 is 0. The summed E-state index contributed by atoms with van der Waals surface area (Å²) in [5.41, 5.74) is 2.42. The minimum atomic E-state index is 0.186. The zero-order valence-corrected chi connectivity index (χ0v) is 12.2. The third-order valence-electron chi connectivity index (χ3n) is 2.89. The molecule has 0 spiro atoms. The zero-order chi connectivity index (χ0) is 13.7. The molecule has 0 heterocycles. The number of hydrogen-bond acceptors (Lipinski definition) is 2. The van der Waals surface area contributed by atoms with Crippen LogP contribution in [0.4, 0.5) is 0 Å². The summed E-state index contributed by atoms with van der Waals surface area (Å²) in [5, 5.41) is 2.06. The van der Waals surface area contributed by atoms with Gasteiger partial charge in [-0.2, -0.15) is 5.06 Å². The van der Waals surface area contributed by atoms with E-state index >= 15 is 0 Å². The predicted octanol–water partition coefficient (Wildman–Crippen LogP) is 4.44. The van der Waals surface area contributed by atoms with Gasteiger partial charge in [0.1, 0.15) is 0 Å². The van der Waals surface area contributed by atoms with Crippen LogP contribution in [0.25, 0.3) is 6.08 Å². The number of benzene rings is 1. The Balaban J connectivity index is 3.01. The molecule has 1 atom stereocenters.